The molecule has 1 amide bonds. The summed E-state index contributed by atoms with van der Waals surface area (Å²) in [5, 5.41) is 12.2. The maximum atomic E-state index is 12.7. The molecule has 7 heteroatoms. The summed E-state index contributed by atoms with van der Waals surface area (Å²) < 4.78 is 1.37. The van der Waals surface area contributed by atoms with Gasteiger partial charge in [-0.15, -0.1) is 0 Å². The smallest absolute Gasteiger partial charge is 0.274 e. The molecule has 1 atom stereocenters. The van der Waals surface area contributed by atoms with Crippen molar-refractivity contribution >= 4 is 34.0 Å². The topological polar surface area (TPSA) is 76.0 Å². The first-order valence-electron chi connectivity index (χ1n) is 8.78. The normalized spacial score (nSPS) is 12.0. The Balaban J connectivity index is 1.77. The molecule has 0 saturated carbocycles. The molecule has 2 aromatic carbocycles. The quantitative estimate of drug-likeness (QED) is 0.683. The molecule has 140 valence electrons. The number of carbonyl (C=O) groups excluding carboxylic acids is 1. The molecule has 0 aliphatic carbocycles. The van der Waals surface area contributed by atoms with Crippen LogP contribution in [0.15, 0.2) is 53.5 Å². The molecule has 3 rings (SSSR count). The van der Waals surface area contributed by atoms with Crippen molar-refractivity contribution in [2.75, 3.05) is 11.9 Å². The molecular weight excluding hydrogens is 364 g/mol. The minimum atomic E-state index is -0.294. The molecule has 0 radical (unpaired) electrons. The van der Waals surface area contributed by atoms with Crippen LogP contribution in [0.1, 0.15) is 24.2 Å². The van der Waals surface area contributed by atoms with Crippen LogP contribution >= 0.6 is 11.6 Å². The number of halogens is 1. The van der Waals surface area contributed by atoms with Gasteiger partial charge in [-0.25, -0.2) is 4.68 Å². The minimum Gasteiger partial charge on any atom is -0.385 e. The van der Waals surface area contributed by atoms with Crippen LogP contribution < -0.4 is 16.2 Å². The summed E-state index contributed by atoms with van der Waals surface area (Å²) in [7, 11) is 0. The number of anilines is 1. The number of carbonyl (C=O) groups is 1. The van der Waals surface area contributed by atoms with Crippen LogP contribution in [0.25, 0.3) is 10.8 Å². The molecule has 1 aromatic heterocycles. The second kappa shape index (κ2) is 8.22. The van der Waals surface area contributed by atoms with E-state index in [-0.39, 0.29) is 24.1 Å². The van der Waals surface area contributed by atoms with Gasteiger partial charge in [-0.2, -0.15) is 5.10 Å². The van der Waals surface area contributed by atoms with Crippen LogP contribution in [-0.2, 0) is 6.54 Å². The Morgan fingerprint density at radius 3 is 2.81 bits per heavy atom. The van der Waals surface area contributed by atoms with Crippen LogP contribution in [0.3, 0.4) is 0 Å². The Hall–Kier alpha value is -2.86. The molecule has 1 unspecified atom stereocenters. The zero-order chi connectivity index (χ0) is 19.4. The van der Waals surface area contributed by atoms with Crippen LogP contribution in [-0.4, -0.2) is 28.3 Å². The summed E-state index contributed by atoms with van der Waals surface area (Å²) in [5.74, 6) is -0.255. The van der Waals surface area contributed by atoms with Gasteiger partial charge in [0.1, 0.15) is 0 Å². The Bertz CT molecular complexity index is 1030. The van der Waals surface area contributed by atoms with Gasteiger partial charge in [-0.05, 0) is 38.1 Å². The Kier molecular flexibility index (Phi) is 5.76. The summed E-state index contributed by atoms with van der Waals surface area (Å²) in [5.41, 5.74) is 1.01. The van der Waals surface area contributed by atoms with Crippen molar-refractivity contribution in [2.24, 2.45) is 0 Å². The van der Waals surface area contributed by atoms with Gasteiger partial charge in [0, 0.05) is 28.7 Å². The van der Waals surface area contributed by atoms with Gasteiger partial charge in [0.25, 0.3) is 11.5 Å². The van der Waals surface area contributed by atoms with Crippen molar-refractivity contribution in [2.45, 2.75) is 26.4 Å². The number of fused-ring (bicyclic) bond motifs is 1. The summed E-state index contributed by atoms with van der Waals surface area (Å²) in [4.78, 5) is 25.2. The predicted octanol–water partition coefficient (Wildman–Crippen LogP) is 3.30. The van der Waals surface area contributed by atoms with E-state index >= 15 is 0 Å². The van der Waals surface area contributed by atoms with Crippen molar-refractivity contribution in [3.8, 4) is 0 Å². The lowest BCUT2D eigenvalue weighted by atomic mass is 10.1. The van der Waals surface area contributed by atoms with Gasteiger partial charge in [-0.1, -0.05) is 29.8 Å². The maximum absolute atomic E-state index is 12.7. The molecule has 0 spiro atoms. The number of nitrogens with zero attached hydrogens (tertiary/aromatic N) is 2. The SMILES string of the molecule is CCNc1ccc(Cl)cc1C(=O)NC(C)Cn1ncc2ccccc2c1=O. The third-order valence-electron chi connectivity index (χ3n) is 4.18. The van der Waals surface area contributed by atoms with Crippen molar-refractivity contribution < 1.29 is 4.79 Å². The van der Waals surface area contributed by atoms with Crippen molar-refractivity contribution in [1.82, 2.24) is 15.1 Å². The average Bonchev–Trinajstić information content (AvgIpc) is 2.65. The fourth-order valence-corrected chi connectivity index (χ4v) is 3.09. The zero-order valence-corrected chi connectivity index (χ0v) is 16.0. The highest BCUT2D eigenvalue weighted by Crippen LogP contribution is 2.20. The number of aromatic nitrogens is 2. The lowest BCUT2D eigenvalue weighted by Crippen LogP contribution is -2.39. The highest BCUT2D eigenvalue weighted by molar-refractivity contribution is 6.31. The Morgan fingerprint density at radius 2 is 2.04 bits per heavy atom. The molecule has 3 aromatic rings. The zero-order valence-electron chi connectivity index (χ0n) is 15.2. The van der Waals surface area contributed by atoms with E-state index in [2.05, 4.69) is 15.7 Å². The van der Waals surface area contributed by atoms with Gasteiger partial charge in [0.2, 0.25) is 0 Å². The van der Waals surface area contributed by atoms with E-state index in [9.17, 15) is 9.59 Å². The van der Waals surface area contributed by atoms with Crippen molar-refractivity contribution in [3.63, 3.8) is 0 Å². The molecule has 2 N–H and O–H groups in total. The Morgan fingerprint density at radius 1 is 1.26 bits per heavy atom. The van der Waals surface area contributed by atoms with Gasteiger partial charge in [0.05, 0.1) is 23.7 Å². The highest BCUT2D eigenvalue weighted by Gasteiger charge is 2.16. The van der Waals surface area contributed by atoms with Crippen LogP contribution in [0.5, 0.6) is 0 Å². The van der Waals surface area contributed by atoms with Gasteiger partial charge in [0.15, 0.2) is 0 Å². The standard InChI is InChI=1S/C20H21ClN4O2/c1-3-22-18-9-8-15(21)10-17(18)19(26)24-13(2)12-25-20(27)16-7-5-4-6-14(16)11-23-25/h4-11,13,22H,3,12H2,1-2H3,(H,24,26). The second-order valence-electron chi connectivity index (χ2n) is 6.31. The number of amides is 1. The molecule has 0 bridgehead atoms. The van der Waals surface area contributed by atoms with E-state index in [0.717, 1.165) is 5.39 Å². The van der Waals surface area contributed by atoms with Gasteiger partial charge < -0.3 is 10.6 Å². The predicted molar refractivity (Wildman–Crippen MR) is 109 cm³/mol. The summed E-state index contributed by atoms with van der Waals surface area (Å²) >= 11 is 6.04. The van der Waals surface area contributed by atoms with E-state index in [0.29, 0.717) is 28.2 Å². The molecule has 27 heavy (non-hydrogen) atoms. The van der Waals surface area contributed by atoms with Gasteiger partial charge >= 0.3 is 0 Å². The number of hydrogen-bond acceptors (Lipinski definition) is 4. The summed E-state index contributed by atoms with van der Waals surface area (Å²) in [6.07, 6.45) is 1.66. The first-order valence-corrected chi connectivity index (χ1v) is 9.16. The number of benzene rings is 2. The first-order chi connectivity index (χ1) is 13.0. The lowest BCUT2D eigenvalue weighted by molar-refractivity contribution is 0.0936. The molecule has 6 nitrogen and oxygen atoms in total. The van der Waals surface area contributed by atoms with E-state index in [1.807, 2.05) is 32.0 Å². The first kappa shape index (κ1) is 18.9. The lowest BCUT2D eigenvalue weighted by Gasteiger charge is -2.17. The van der Waals surface area contributed by atoms with Crippen LogP contribution in [0.2, 0.25) is 5.02 Å². The van der Waals surface area contributed by atoms with E-state index in [4.69, 9.17) is 11.6 Å². The van der Waals surface area contributed by atoms with E-state index in [1.165, 1.54) is 4.68 Å². The largest absolute Gasteiger partial charge is 0.385 e. The third kappa shape index (κ3) is 4.28. The number of rotatable bonds is 6. The molecule has 0 aliphatic rings. The monoisotopic (exact) mass is 384 g/mol. The van der Waals surface area contributed by atoms with Crippen molar-refractivity contribution in [3.05, 3.63) is 69.6 Å². The summed E-state index contributed by atoms with van der Waals surface area (Å²) in [6.45, 7) is 4.75. The fraction of sp³-hybridized carbons (Fsp3) is 0.250. The molecule has 1 heterocycles. The average molecular weight is 385 g/mol. The van der Waals surface area contributed by atoms with Crippen LogP contribution in [0.4, 0.5) is 5.69 Å². The molecular formula is C20H21ClN4O2. The van der Waals surface area contributed by atoms with Crippen LogP contribution in [0, 0.1) is 0 Å². The van der Waals surface area contributed by atoms with E-state index < -0.39 is 0 Å². The summed E-state index contributed by atoms with van der Waals surface area (Å²) in [6, 6.07) is 12.2. The molecule has 0 aliphatic heterocycles. The maximum Gasteiger partial charge on any atom is 0.274 e. The third-order valence-corrected chi connectivity index (χ3v) is 4.41. The fourth-order valence-electron chi connectivity index (χ4n) is 2.91. The number of hydrogen-bond donors (Lipinski definition) is 2. The Labute approximate surface area is 162 Å². The van der Waals surface area contributed by atoms with Gasteiger partial charge in [-0.3, -0.25) is 9.59 Å². The molecule has 0 saturated heterocycles. The minimum absolute atomic E-state index is 0.176. The second-order valence-corrected chi connectivity index (χ2v) is 6.75. The van der Waals surface area contributed by atoms with Crippen molar-refractivity contribution in [1.29, 1.82) is 0 Å². The van der Waals surface area contributed by atoms with E-state index in [1.54, 1.807) is 30.5 Å². The molecule has 0 fully saturated rings. The highest BCUT2D eigenvalue weighted by atomic mass is 35.5. The number of nitrogens with one attached hydrogen (secondary N) is 2.